The Balaban J connectivity index is 2.65. The molecule has 0 saturated heterocycles. The first kappa shape index (κ1) is 17.7. The molecule has 0 amide bonds. The van der Waals surface area contributed by atoms with E-state index < -0.39 is 0 Å². The second-order valence-electron chi connectivity index (χ2n) is 7.90. The van der Waals surface area contributed by atoms with Gasteiger partial charge in [-0.25, -0.2) is 0 Å². The van der Waals surface area contributed by atoms with Gasteiger partial charge in [0, 0.05) is 8.95 Å². The highest BCUT2D eigenvalue weighted by Crippen LogP contribution is 2.39. The summed E-state index contributed by atoms with van der Waals surface area (Å²) in [5.41, 5.74) is 5.46. The Morgan fingerprint density at radius 2 is 1.32 bits per heavy atom. The molecule has 0 heterocycles. The van der Waals surface area contributed by atoms with Crippen LogP contribution in [0.4, 0.5) is 0 Å². The summed E-state index contributed by atoms with van der Waals surface area (Å²) >= 11 is 7.44. The normalized spacial score (nSPS) is 12.5. The maximum absolute atomic E-state index is 3.75. The van der Waals surface area contributed by atoms with Gasteiger partial charge in [0.05, 0.1) is 0 Å². The zero-order valence-electron chi connectivity index (χ0n) is 14.2. The van der Waals surface area contributed by atoms with Crippen LogP contribution < -0.4 is 0 Å². The van der Waals surface area contributed by atoms with Gasteiger partial charge in [-0.3, -0.25) is 0 Å². The van der Waals surface area contributed by atoms with E-state index in [0.717, 1.165) is 8.95 Å². The summed E-state index contributed by atoms with van der Waals surface area (Å²) in [5, 5.41) is 0. The van der Waals surface area contributed by atoms with E-state index in [4.69, 9.17) is 0 Å². The molecule has 0 unspecified atom stereocenters. The molecule has 0 aliphatic carbocycles. The van der Waals surface area contributed by atoms with E-state index in [9.17, 15) is 0 Å². The molecule has 0 nitrogen and oxygen atoms in total. The van der Waals surface area contributed by atoms with E-state index in [1.54, 1.807) is 0 Å². The van der Waals surface area contributed by atoms with E-state index in [1.165, 1.54) is 22.3 Å². The maximum Gasteiger partial charge on any atom is 0.0396 e. The fourth-order valence-corrected chi connectivity index (χ4v) is 3.30. The van der Waals surface area contributed by atoms with Crippen LogP contribution in [0.1, 0.15) is 52.7 Å². The molecular weight excluding hydrogens is 400 g/mol. The average molecular weight is 424 g/mol. The molecule has 2 aromatic rings. The van der Waals surface area contributed by atoms with Gasteiger partial charge in [-0.05, 0) is 77.1 Å². The molecule has 0 bridgehead atoms. The fourth-order valence-electron chi connectivity index (χ4n) is 2.39. The van der Waals surface area contributed by atoms with Crippen molar-refractivity contribution in [2.75, 3.05) is 0 Å². The lowest BCUT2D eigenvalue weighted by atomic mass is 9.83. The first-order chi connectivity index (χ1) is 10.00. The van der Waals surface area contributed by atoms with E-state index in [2.05, 4.69) is 110 Å². The Morgan fingerprint density at radius 3 is 1.86 bits per heavy atom. The molecule has 22 heavy (non-hydrogen) atoms. The zero-order chi connectivity index (χ0) is 16.7. The molecule has 2 heteroatoms. The Bertz CT molecular complexity index is 686. The lowest BCUT2D eigenvalue weighted by molar-refractivity contribution is 0.589. The molecular formula is C20H24Br2. The van der Waals surface area contributed by atoms with E-state index >= 15 is 0 Å². The van der Waals surface area contributed by atoms with Gasteiger partial charge < -0.3 is 0 Å². The van der Waals surface area contributed by atoms with Gasteiger partial charge in [-0.2, -0.15) is 0 Å². The smallest absolute Gasteiger partial charge is 0.0396 e. The minimum absolute atomic E-state index is 0.125. The number of benzene rings is 2. The topological polar surface area (TPSA) is 0 Å². The summed E-state index contributed by atoms with van der Waals surface area (Å²) < 4.78 is 2.22. The summed E-state index contributed by atoms with van der Waals surface area (Å²) in [6.45, 7) is 13.5. The molecule has 2 aromatic carbocycles. The van der Waals surface area contributed by atoms with Crippen LogP contribution >= 0.6 is 31.9 Å². The van der Waals surface area contributed by atoms with Crippen molar-refractivity contribution in [1.29, 1.82) is 0 Å². The molecule has 0 N–H and O–H groups in total. The fraction of sp³-hybridized carbons (Fsp3) is 0.400. The van der Waals surface area contributed by atoms with Crippen molar-refractivity contribution in [1.82, 2.24) is 0 Å². The molecule has 0 saturated carbocycles. The first-order valence-corrected chi connectivity index (χ1v) is 9.19. The summed E-state index contributed by atoms with van der Waals surface area (Å²) in [6, 6.07) is 13.4. The molecule has 0 spiro atoms. The summed E-state index contributed by atoms with van der Waals surface area (Å²) in [6.07, 6.45) is 0. The highest BCUT2D eigenvalue weighted by molar-refractivity contribution is 9.13. The minimum atomic E-state index is 0.125. The second kappa shape index (κ2) is 6.13. The lowest BCUT2D eigenvalue weighted by Crippen LogP contribution is -2.12. The van der Waals surface area contributed by atoms with Crippen LogP contribution in [0.15, 0.2) is 45.3 Å². The summed E-state index contributed by atoms with van der Waals surface area (Å²) in [4.78, 5) is 0. The lowest BCUT2D eigenvalue weighted by Gasteiger charge is -2.23. The van der Waals surface area contributed by atoms with Crippen molar-refractivity contribution in [2.45, 2.75) is 52.4 Å². The van der Waals surface area contributed by atoms with E-state index in [1.807, 2.05) is 0 Å². The molecule has 0 atom stereocenters. The van der Waals surface area contributed by atoms with Crippen LogP contribution in [0.5, 0.6) is 0 Å². The van der Waals surface area contributed by atoms with Crippen LogP contribution in [0, 0.1) is 0 Å². The summed E-state index contributed by atoms with van der Waals surface area (Å²) in [5.74, 6) is 0. The quantitative estimate of drug-likeness (QED) is 0.446. The van der Waals surface area contributed by atoms with Crippen molar-refractivity contribution in [3.63, 3.8) is 0 Å². The van der Waals surface area contributed by atoms with Gasteiger partial charge in [0.25, 0.3) is 0 Å². The molecule has 0 aliphatic heterocycles. The zero-order valence-corrected chi connectivity index (χ0v) is 17.4. The Morgan fingerprint density at radius 1 is 0.727 bits per heavy atom. The van der Waals surface area contributed by atoms with Gasteiger partial charge in [0.2, 0.25) is 0 Å². The van der Waals surface area contributed by atoms with E-state index in [-0.39, 0.29) is 10.8 Å². The SMILES string of the molecule is CC(C)(C)c1cccc(-c2cc(C(C)(C)C)cc(Br)c2Br)c1. The third-order valence-electron chi connectivity index (χ3n) is 3.93. The highest BCUT2D eigenvalue weighted by Gasteiger charge is 2.19. The maximum atomic E-state index is 3.75. The monoisotopic (exact) mass is 422 g/mol. The standard InChI is InChI=1S/C20H24Br2/c1-19(2,3)14-9-7-8-13(10-14)16-11-15(20(4,5)6)12-17(21)18(16)22/h7-12H,1-6H3. The molecule has 0 aliphatic rings. The largest absolute Gasteiger partial charge is 0.0614 e. The van der Waals surface area contributed by atoms with Crippen molar-refractivity contribution in [3.8, 4) is 11.1 Å². The molecule has 0 fully saturated rings. The average Bonchev–Trinajstić information content (AvgIpc) is 2.39. The molecule has 118 valence electrons. The number of hydrogen-bond acceptors (Lipinski definition) is 0. The van der Waals surface area contributed by atoms with Gasteiger partial charge in [0.1, 0.15) is 0 Å². The Labute approximate surface area is 151 Å². The highest BCUT2D eigenvalue weighted by atomic mass is 79.9. The van der Waals surface area contributed by atoms with Crippen LogP contribution in [0.25, 0.3) is 11.1 Å². The predicted molar refractivity (Wildman–Crippen MR) is 105 cm³/mol. The molecule has 2 rings (SSSR count). The van der Waals surface area contributed by atoms with Crippen LogP contribution in [-0.4, -0.2) is 0 Å². The number of rotatable bonds is 1. The Hall–Kier alpha value is -0.600. The third-order valence-corrected chi connectivity index (χ3v) is 5.95. The van der Waals surface area contributed by atoms with Gasteiger partial charge in [-0.1, -0.05) is 65.8 Å². The number of halogens is 2. The molecule has 0 radical (unpaired) electrons. The predicted octanol–water partition coefficient (Wildman–Crippen LogP) is 7.47. The number of hydrogen-bond donors (Lipinski definition) is 0. The van der Waals surface area contributed by atoms with Crippen molar-refractivity contribution in [2.24, 2.45) is 0 Å². The summed E-state index contributed by atoms with van der Waals surface area (Å²) in [7, 11) is 0. The van der Waals surface area contributed by atoms with Crippen molar-refractivity contribution < 1.29 is 0 Å². The Kier molecular flexibility index (Phi) is 4.94. The third kappa shape index (κ3) is 3.83. The van der Waals surface area contributed by atoms with Gasteiger partial charge >= 0.3 is 0 Å². The second-order valence-corrected chi connectivity index (χ2v) is 9.55. The van der Waals surface area contributed by atoms with Gasteiger partial charge in [-0.15, -0.1) is 0 Å². The van der Waals surface area contributed by atoms with Crippen LogP contribution in [0.2, 0.25) is 0 Å². The van der Waals surface area contributed by atoms with Crippen LogP contribution in [0.3, 0.4) is 0 Å². The van der Waals surface area contributed by atoms with Crippen molar-refractivity contribution in [3.05, 3.63) is 56.5 Å². The van der Waals surface area contributed by atoms with E-state index in [0.29, 0.717) is 0 Å². The first-order valence-electron chi connectivity index (χ1n) is 7.60. The van der Waals surface area contributed by atoms with Crippen molar-refractivity contribution >= 4 is 31.9 Å². The molecule has 0 aromatic heterocycles. The van der Waals surface area contributed by atoms with Crippen LogP contribution in [-0.2, 0) is 10.8 Å². The minimum Gasteiger partial charge on any atom is -0.0614 e. The van der Waals surface area contributed by atoms with Gasteiger partial charge in [0.15, 0.2) is 0 Å².